The van der Waals surface area contributed by atoms with Gasteiger partial charge in [0.05, 0.1) is 12.7 Å². The highest BCUT2D eigenvalue weighted by Gasteiger charge is 2.23. The van der Waals surface area contributed by atoms with E-state index in [4.69, 9.17) is 19.3 Å². The average Bonchev–Trinajstić information content (AvgIpc) is 3.09. The molecule has 0 spiro atoms. The molecule has 0 saturated carbocycles. The number of unbranched alkanes of at least 4 members (excludes halogenated alkanes) is 15. The second-order valence-electron chi connectivity index (χ2n) is 13.1. The van der Waals surface area contributed by atoms with Gasteiger partial charge in [-0.3, -0.25) is 14.1 Å². The van der Waals surface area contributed by atoms with Crippen molar-refractivity contribution in [2.75, 3.05) is 13.2 Å². The molecular weight excluding hydrogens is 667 g/mol. The summed E-state index contributed by atoms with van der Waals surface area (Å²) in [5.41, 5.74) is 0. The largest absolute Gasteiger partial charge is 0.469 e. The van der Waals surface area contributed by atoms with Crippen LogP contribution in [-0.2, 0) is 28.2 Å². The van der Waals surface area contributed by atoms with Crippen molar-refractivity contribution in [1.82, 2.24) is 0 Å². The lowest BCUT2D eigenvalue weighted by Gasteiger charge is -2.18. The van der Waals surface area contributed by atoms with Gasteiger partial charge in [0.1, 0.15) is 6.61 Å². The number of ether oxygens (including phenoxy) is 2. The first-order valence-corrected chi connectivity index (χ1v) is 21.2. The maximum absolute atomic E-state index is 12.4. The van der Waals surface area contributed by atoms with Gasteiger partial charge in [-0.1, -0.05) is 145 Å². The fourth-order valence-electron chi connectivity index (χ4n) is 5.14. The molecule has 294 valence electrons. The summed E-state index contributed by atoms with van der Waals surface area (Å²) in [5.74, 6) is -1.10. The Kier molecular flexibility index (Phi) is 34.5. The molecule has 51 heavy (non-hydrogen) atoms. The summed E-state index contributed by atoms with van der Waals surface area (Å²) < 4.78 is 26.2. The van der Waals surface area contributed by atoms with Gasteiger partial charge >= 0.3 is 19.8 Å². The van der Waals surface area contributed by atoms with Crippen molar-refractivity contribution in [2.45, 2.75) is 174 Å². The van der Waals surface area contributed by atoms with Gasteiger partial charge in [-0.2, -0.15) is 0 Å². The standard InChI is InChI=1S/C41H71O9P/c1-3-5-7-9-11-13-15-17-18-20-22-24-26-28-30-34-40(43)48-36-39(37-49-51(45,46)47)50-41(44)35-31-33-38(42)32-29-27-25-23-21-19-16-14-12-10-8-6-4-2/h13,15,17-19,21,25,27,29,32,38-39,42H,3-12,14,16,20,22-24,26,28,30-31,33-37H2,1-2H3,(H2,45,46,47)/b15-13-,18-17-,21-19+,27-25+,32-29+/t38?,39-/m1/s1. The highest BCUT2D eigenvalue weighted by atomic mass is 31.2. The molecule has 0 aromatic heterocycles. The van der Waals surface area contributed by atoms with Gasteiger partial charge in [0.25, 0.3) is 0 Å². The minimum atomic E-state index is -4.81. The Bertz CT molecular complexity index is 1030. The van der Waals surface area contributed by atoms with Gasteiger partial charge in [0.2, 0.25) is 0 Å². The molecule has 2 atom stereocenters. The molecule has 0 aromatic rings. The zero-order valence-corrected chi connectivity index (χ0v) is 32.7. The van der Waals surface area contributed by atoms with E-state index in [-0.39, 0.29) is 19.4 Å². The van der Waals surface area contributed by atoms with Crippen molar-refractivity contribution < 1.29 is 43.0 Å². The Morgan fingerprint density at radius 1 is 0.608 bits per heavy atom. The third kappa shape index (κ3) is 38.8. The summed E-state index contributed by atoms with van der Waals surface area (Å²) in [6, 6.07) is 0. The van der Waals surface area contributed by atoms with Gasteiger partial charge in [0.15, 0.2) is 6.10 Å². The van der Waals surface area contributed by atoms with E-state index in [1.807, 2.05) is 12.2 Å². The molecule has 0 aliphatic heterocycles. The quantitative estimate of drug-likeness (QED) is 0.0190. The number of phosphoric acid groups is 1. The van der Waals surface area contributed by atoms with Crippen molar-refractivity contribution in [3.63, 3.8) is 0 Å². The van der Waals surface area contributed by atoms with E-state index in [0.29, 0.717) is 19.3 Å². The van der Waals surface area contributed by atoms with Gasteiger partial charge < -0.3 is 24.4 Å². The van der Waals surface area contributed by atoms with Crippen LogP contribution in [0.3, 0.4) is 0 Å². The third-order valence-corrected chi connectivity index (χ3v) is 8.63. The van der Waals surface area contributed by atoms with E-state index in [1.165, 1.54) is 64.2 Å². The zero-order valence-electron chi connectivity index (χ0n) is 31.8. The Morgan fingerprint density at radius 3 is 1.76 bits per heavy atom. The summed E-state index contributed by atoms with van der Waals surface area (Å²) in [4.78, 5) is 42.8. The monoisotopic (exact) mass is 738 g/mol. The van der Waals surface area contributed by atoms with Crippen LogP contribution in [0.5, 0.6) is 0 Å². The first-order chi connectivity index (χ1) is 24.7. The second-order valence-corrected chi connectivity index (χ2v) is 14.4. The van der Waals surface area contributed by atoms with Crippen LogP contribution in [0.15, 0.2) is 60.8 Å². The van der Waals surface area contributed by atoms with Crippen LogP contribution in [0, 0.1) is 0 Å². The molecule has 0 bridgehead atoms. The smallest absolute Gasteiger partial charge is 0.462 e. The number of rotatable bonds is 35. The molecule has 1 unspecified atom stereocenters. The summed E-state index contributed by atoms with van der Waals surface area (Å²) in [6.07, 6.45) is 41.1. The van der Waals surface area contributed by atoms with Crippen LogP contribution in [0.2, 0.25) is 0 Å². The minimum Gasteiger partial charge on any atom is -0.462 e. The highest BCUT2D eigenvalue weighted by molar-refractivity contribution is 7.46. The molecule has 0 aliphatic carbocycles. The van der Waals surface area contributed by atoms with Crippen LogP contribution >= 0.6 is 7.82 Å². The van der Waals surface area contributed by atoms with Crippen molar-refractivity contribution in [3.05, 3.63) is 60.8 Å². The third-order valence-electron chi connectivity index (χ3n) is 8.14. The first kappa shape index (κ1) is 48.7. The number of hydrogen-bond donors (Lipinski definition) is 3. The maximum atomic E-state index is 12.4. The molecule has 0 radical (unpaired) electrons. The number of aliphatic hydroxyl groups is 1. The van der Waals surface area contributed by atoms with E-state index in [9.17, 15) is 19.3 Å². The van der Waals surface area contributed by atoms with E-state index < -0.39 is 38.6 Å². The van der Waals surface area contributed by atoms with Crippen molar-refractivity contribution >= 4 is 19.8 Å². The van der Waals surface area contributed by atoms with Crippen molar-refractivity contribution in [3.8, 4) is 0 Å². The lowest BCUT2D eigenvalue weighted by molar-refractivity contribution is -0.161. The molecule has 0 fully saturated rings. The summed E-state index contributed by atoms with van der Waals surface area (Å²) in [7, 11) is -4.81. The normalized spacial score (nSPS) is 13.7. The van der Waals surface area contributed by atoms with E-state index in [2.05, 4.69) is 54.8 Å². The number of carbonyl (C=O) groups is 2. The molecule has 0 saturated heterocycles. The van der Waals surface area contributed by atoms with Gasteiger partial charge in [0, 0.05) is 12.8 Å². The molecule has 10 heteroatoms. The lowest BCUT2D eigenvalue weighted by Crippen LogP contribution is -2.29. The van der Waals surface area contributed by atoms with Gasteiger partial charge in [-0.05, 0) is 64.2 Å². The Balaban J connectivity index is 4.19. The predicted molar refractivity (Wildman–Crippen MR) is 208 cm³/mol. The van der Waals surface area contributed by atoms with Crippen LogP contribution < -0.4 is 0 Å². The van der Waals surface area contributed by atoms with Gasteiger partial charge in [-0.25, -0.2) is 4.57 Å². The number of phosphoric ester groups is 1. The fraction of sp³-hybridized carbons (Fsp3) is 0.707. The molecule has 0 heterocycles. The lowest BCUT2D eigenvalue weighted by atomic mass is 10.1. The molecule has 0 rings (SSSR count). The van der Waals surface area contributed by atoms with Crippen LogP contribution in [0.1, 0.15) is 162 Å². The number of aliphatic hydroxyl groups excluding tert-OH is 1. The summed E-state index contributed by atoms with van der Waals surface area (Å²) in [5, 5.41) is 10.2. The number of hydrogen-bond acceptors (Lipinski definition) is 7. The van der Waals surface area contributed by atoms with Crippen LogP contribution in [0.4, 0.5) is 0 Å². The molecule has 9 nitrogen and oxygen atoms in total. The fourth-order valence-corrected chi connectivity index (χ4v) is 5.50. The zero-order chi connectivity index (χ0) is 37.7. The first-order valence-electron chi connectivity index (χ1n) is 19.7. The SMILES string of the molecule is CCCCCC/C=C\C=C/CCCCCCCC(=O)OC[C@H](COP(=O)(O)O)OC(=O)CCCC(O)/C=C/C=C/C/C=C/CCCCCCCC. The van der Waals surface area contributed by atoms with E-state index in [1.54, 1.807) is 12.2 Å². The predicted octanol–water partition coefficient (Wildman–Crippen LogP) is 10.7. The molecule has 0 aromatic carbocycles. The Hall–Kier alpha value is -2.29. The Morgan fingerprint density at radius 2 is 1.14 bits per heavy atom. The topological polar surface area (TPSA) is 140 Å². The number of allylic oxidation sites excluding steroid dienone is 9. The maximum Gasteiger partial charge on any atom is 0.469 e. The molecule has 3 N–H and O–H groups in total. The van der Waals surface area contributed by atoms with Gasteiger partial charge in [-0.15, -0.1) is 0 Å². The van der Waals surface area contributed by atoms with Crippen LogP contribution in [0.25, 0.3) is 0 Å². The number of carbonyl (C=O) groups excluding carboxylic acids is 2. The Labute approximate surface area is 309 Å². The van der Waals surface area contributed by atoms with Crippen molar-refractivity contribution in [2.24, 2.45) is 0 Å². The highest BCUT2D eigenvalue weighted by Crippen LogP contribution is 2.36. The summed E-state index contributed by atoms with van der Waals surface area (Å²) in [6.45, 7) is 3.47. The molecular formula is C41H71O9P. The molecule has 0 amide bonds. The number of esters is 2. The average molecular weight is 739 g/mol. The van der Waals surface area contributed by atoms with E-state index in [0.717, 1.165) is 51.4 Å². The second kappa shape index (κ2) is 36.1. The summed E-state index contributed by atoms with van der Waals surface area (Å²) >= 11 is 0. The molecule has 0 aliphatic rings. The van der Waals surface area contributed by atoms with Crippen molar-refractivity contribution in [1.29, 1.82) is 0 Å². The van der Waals surface area contributed by atoms with E-state index >= 15 is 0 Å². The van der Waals surface area contributed by atoms with Crippen LogP contribution in [-0.4, -0.2) is 52.3 Å². The minimum absolute atomic E-state index is 0.0177.